The number of carbonyl (C=O) groups is 2. The van der Waals surface area contributed by atoms with E-state index in [2.05, 4.69) is 52.7 Å². The van der Waals surface area contributed by atoms with Gasteiger partial charge in [0.05, 0.1) is 0 Å². The molecule has 9 heteroatoms. The molecular formula is C21H20Br2N4O2S. The van der Waals surface area contributed by atoms with Crippen molar-refractivity contribution in [1.82, 2.24) is 15.5 Å². The van der Waals surface area contributed by atoms with Crippen LogP contribution >= 0.6 is 43.2 Å². The lowest BCUT2D eigenvalue weighted by Gasteiger charge is -2.23. The SMILES string of the molecule is CC[C@H](C)[C@@H](NC(=O)c1ccc(Br)cc1)C(=O)Nc1nnc(-c2cccc(Br)c2)s1. The van der Waals surface area contributed by atoms with Crippen LogP contribution in [0, 0.1) is 5.92 Å². The third kappa shape index (κ3) is 5.74. The molecule has 0 saturated heterocycles. The number of nitrogens with zero attached hydrogens (tertiary/aromatic N) is 2. The lowest BCUT2D eigenvalue weighted by Crippen LogP contribution is -2.47. The van der Waals surface area contributed by atoms with Gasteiger partial charge in [-0.25, -0.2) is 0 Å². The molecule has 0 aliphatic rings. The number of halogens is 2. The molecule has 0 radical (unpaired) electrons. The third-order valence-corrected chi connectivity index (χ3v) is 6.52. The van der Waals surface area contributed by atoms with E-state index in [-0.39, 0.29) is 17.7 Å². The molecule has 2 atom stereocenters. The van der Waals surface area contributed by atoms with E-state index in [4.69, 9.17) is 0 Å². The Labute approximate surface area is 195 Å². The van der Waals surface area contributed by atoms with Crippen molar-refractivity contribution in [3.63, 3.8) is 0 Å². The summed E-state index contributed by atoms with van der Waals surface area (Å²) < 4.78 is 1.82. The monoisotopic (exact) mass is 550 g/mol. The van der Waals surface area contributed by atoms with Crippen molar-refractivity contribution in [3.8, 4) is 10.6 Å². The molecule has 1 aromatic heterocycles. The van der Waals surface area contributed by atoms with Gasteiger partial charge in [-0.1, -0.05) is 75.6 Å². The summed E-state index contributed by atoms with van der Waals surface area (Å²) >= 11 is 8.08. The number of anilines is 1. The predicted molar refractivity (Wildman–Crippen MR) is 127 cm³/mol. The van der Waals surface area contributed by atoms with E-state index in [1.807, 2.05) is 38.1 Å². The van der Waals surface area contributed by atoms with Gasteiger partial charge in [0.2, 0.25) is 11.0 Å². The lowest BCUT2D eigenvalue weighted by molar-refractivity contribution is -0.119. The third-order valence-electron chi connectivity index (χ3n) is 4.62. The normalized spacial score (nSPS) is 12.8. The molecule has 0 aliphatic heterocycles. The minimum Gasteiger partial charge on any atom is -0.340 e. The molecule has 0 saturated carbocycles. The first kappa shape index (κ1) is 22.6. The highest BCUT2D eigenvalue weighted by Crippen LogP contribution is 2.28. The summed E-state index contributed by atoms with van der Waals surface area (Å²) in [7, 11) is 0. The van der Waals surface area contributed by atoms with Crippen molar-refractivity contribution < 1.29 is 9.59 Å². The van der Waals surface area contributed by atoms with Crippen molar-refractivity contribution >= 4 is 60.1 Å². The van der Waals surface area contributed by atoms with Crippen molar-refractivity contribution in [2.45, 2.75) is 26.3 Å². The Morgan fingerprint density at radius 2 is 1.80 bits per heavy atom. The van der Waals surface area contributed by atoms with Crippen LogP contribution in [0.15, 0.2) is 57.5 Å². The number of hydrogen-bond acceptors (Lipinski definition) is 5. The minimum atomic E-state index is -0.690. The molecule has 30 heavy (non-hydrogen) atoms. The van der Waals surface area contributed by atoms with Crippen LogP contribution in [-0.4, -0.2) is 28.1 Å². The summed E-state index contributed by atoms with van der Waals surface area (Å²) in [6.07, 6.45) is 0.734. The first-order chi connectivity index (χ1) is 14.4. The Bertz CT molecular complexity index is 1040. The summed E-state index contributed by atoms with van der Waals surface area (Å²) in [5, 5.41) is 15.0. The molecule has 0 unspecified atom stereocenters. The number of benzene rings is 2. The van der Waals surface area contributed by atoms with Crippen LogP contribution in [-0.2, 0) is 4.79 Å². The molecule has 1 heterocycles. The maximum atomic E-state index is 12.9. The van der Waals surface area contributed by atoms with Crippen molar-refractivity contribution in [2.75, 3.05) is 5.32 Å². The highest BCUT2D eigenvalue weighted by Gasteiger charge is 2.27. The number of amides is 2. The maximum Gasteiger partial charge on any atom is 0.251 e. The second-order valence-electron chi connectivity index (χ2n) is 6.76. The Morgan fingerprint density at radius 1 is 1.07 bits per heavy atom. The largest absolute Gasteiger partial charge is 0.340 e. The molecular weight excluding hydrogens is 532 g/mol. The average molecular weight is 552 g/mol. The average Bonchev–Trinajstić information content (AvgIpc) is 3.20. The number of carbonyl (C=O) groups excluding carboxylic acids is 2. The van der Waals surface area contributed by atoms with Crippen molar-refractivity contribution in [1.29, 1.82) is 0 Å². The van der Waals surface area contributed by atoms with Crippen LogP contribution in [0.3, 0.4) is 0 Å². The van der Waals surface area contributed by atoms with Gasteiger partial charge in [-0.2, -0.15) is 0 Å². The molecule has 0 spiro atoms. The van der Waals surface area contributed by atoms with Gasteiger partial charge in [0.1, 0.15) is 11.0 Å². The van der Waals surface area contributed by atoms with Crippen LogP contribution in [0.25, 0.3) is 10.6 Å². The van der Waals surface area contributed by atoms with Gasteiger partial charge in [0, 0.05) is 20.1 Å². The fourth-order valence-electron chi connectivity index (χ4n) is 2.72. The quantitative estimate of drug-likeness (QED) is 0.405. The zero-order valence-electron chi connectivity index (χ0n) is 16.4. The van der Waals surface area contributed by atoms with E-state index >= 15 is 0 Å². The molecule has 2 N–H and O–H groups in total. The Hall–Kier alpha value is -2.10. The fourth-order valence-corrected chi connectivity index (χ4v) is 4.13. The van der Waals surface area contributed by atoms with Crippen LogP contribution < -0.4 is 10.6 Å². The summed E-state index contributed by atoms with van der Waals surface area (Å²) in [5.41, 5.74) is 1.40. The lowest BCUT2D eigenvalue weighted by atomic mass is 9.98. The van der Waals surface area contributed by atoms with Gasteiger partial charge >= 0.3 is 0 Å². The van der Waals surface area contributed by atoms with E-state index < -0.39 is 6.04 Å². The Balaban J connectivity index is 1.73. The first-order valence-corrected chi connectivity index (χ1v) is 11.7. The summed E-state index contributed by atoms with van der Waals surface area (Å²) in [6, 6.07) is 14.0. The number of rotatable bonds is 7. The first-order valence-electron chi connectivity index (χ1n) is 9.34. The fraction of sp³-hybridized carbons (Fsp3) is 0.238. The van der Waals surface area contributed by atoms with Gasteiger partial charge in [-0.05, 0) is 42.3 Å². The summed E-state index contributed by atoms with van der Waals surface area (Å²) in [6.45, 7) is 3.91. The molecule has 6 nitrogen and oxygen atoms in total. The zero-order valence-corrected chi connectivity index (χ0v) is 20.3. The molecule has 2 amide bonds. The molecule has 2 aromatic carbocycles. The number of aromatic nitrogens is 2. The molecule has 3 aromatic rings. The van der Waals surface area contributed by atoms with Crippen molar-refractivity contribution in [3.05, 3.63) is 63.0 Å². The van der Waals surface area contributed by atoms with Gasteiger partial charge in [-0.15, -0.1) is 10.2 Å². The van der Waals surface area contributed by atoms with E-state index in [1.165, 1.54) is 11.3 Å². The van der Waals surface area contributed by atoms with Crippen LogP contribution in [0.5, 0.6) is 0 Å². The van der Waals surface area contributed by atoms with E-state index in [0.717, 1.165) is 20.9 Å². The van der Waals surface area contributed by atoms with Crippen LogP contribution in [0.4, 0.5) is 5.13 Å². The zero-order chi connectivity index (χ0) is 21.7. The smallest absolute Gasteiger partial charge is 0.251 e. The molecule has 3 rings (SSSR count). The van der Waals surface area contributed by atoms with E-state index in [0.29, 0.717) is 15.7 Å². The minimum absolute atomic E-state index is 0.0538. The van der Waals surface area contributed by atoms with E-state index in [9.17, 15) is 9.59 Å². The van der Waals surface area contributed by atoms with Crippen LogP contribution in [0.1, 0.15) is 30.6 Å². The highest BCUT2D eigenvalue weighted by atomic mass is 79.9. The second-order valence-corrected chi connectivity index (χ2v) is 9.56. The summed E-state index contributed by atoms with van der Waals surface area (Å²) in [5.74, 6) is -0.663. The number of nitrogens with one attached hydrogen (secondary N) is 2. The topological polar surface area (TPSA) is 84.0 Å². The molecule has 0 bridgehead atoms. The predicted octanol–water partition coefficient (Wildman–Crippen LogP) is 5.51. The van der Waals surface area contributed by atoms with Gasteiger partial charge in [-0.3, -0.25) is 14.9 Å². The van der Waals surface area contributed by atoms with Gasteiger partial charge in [0.15, 0.2) is 0 Å². The molecule has 156 valence electrons. The van der Waals surface area contributed by atoms with E-state index in [1.54, 1.807) is 24.3 Å². The molecule has 0 aliphatic carbocycles. The van der Waals surface area contributed by atoms with Gasteiger partial charge < -0.3 is 5.32 Å². The van der Waals surface area contributed by atoms with Crippen LogP contribution in [0.2, 0.25) is 0 Å². The Kier molecular flexibility index (Phi) is 7.74. The van der Waals surface area contributed by atoms with Crippen molar-refractivity contribution in [2.24, 2.45) is 5.92 Å². The summed E-state index contributed by atoms with van der Waals surface area (Å²) in [4.78, 5) is 25.6. The van der Waals surface area contributed by atoms with Gasteiger partial charge in [0.25, 0.3) is 5.91 Å². The number of hydrogen-bond donors (Lipinski definition) is 2. The second kappa shape index (κ2) is 10.3. The molecule has 0 fully saturated rings. The highest BCUT2D eigenvalue weighted by molar-refractivity contribution is 9.10. The Morgan fingerprint density at radius 3 is 2.47 bits per heavy atom. The maximum absolute atomic E-state index is 12.9. The standard InChI is InChI=1S/C21H20Br2N4O2S/c1-3-12(2)17(24-18(28)13-7-9-15(22)10-8-13)19(29)25-21-27-26-20(30-21)14-5-4-6-16(23)11-14/h4-12,17H,3H2,1-2H3,(H,24,28)(H,25,27,29)/t12-,17+/m0/s1.